The van der Waals surface area contributed by atoms with E-state index in [1.165, 1.54) is 0 Å². The Labute approximate surface area is 271 Å². The third-order valence-electron chi connectivity index (χ3n) is 7.06. The molecule has 0 aliphatic rings. The first-order valence-corrected chi connectivity index (χ1v) is 15.6. The van der Waals surface area contributed by atoms with Gasteiger partial charge in [-0.2, -0.15) is 0 Å². The summed E-state index contributed by atoms with van der Waals surface area (Å²) in [5.41, 5.74) is 21.9. The van der Waals surface area contributed by atoms with Gasteiger partial charge in [-0.25, -0.2) is 0 Å². The molecule has 17 nitrogen and oxygen atoms in total. The fourth-order valence-electron chi connectivity index (χ4n) is 4.33. The highest BCUT2D eigenvalue weighted by atomic mass is 16.3. The molecule has 0 heterocycles. The van der Waals surface area contributed by atoms with Gasteiger partial charge in [-0.05, 0) is 43.4 Å². The van der Waals surface area contributed by atoms with Gasteiger partial charge in [-0.3, -0.25) is 33.8 Å². The van der Waals surface area contributed by atoms with Crippen LogP contribution in [0.5, 0.6) is 0 Å². The first kappa shape index (κ1) is 42.0. The van der Waals surface area contributed by atoms with Crippen LogP contribution in [0.1, 0.15) is 73.6 Å². The van der Waals surface area contributed by atoms with E-state index in [2.05, 4.69) is 31.6 Å². The molecule has 0 saturated heterocycles. The Balaban J connectivity index is 5.62. The summed E-state index contributed by atoms with van der Waals surface area (Å²) in [5, 5.41) is 22.0. The zero-order chi connectivity index (χ0) is 35.6. The molecule has 0 fully saturated rings. The van der Waals surface area contributed by atoms with Crippen molar-refractivity contribution >= 4 is 41.4 Å². The third-order valence-corrected chi connectivity index (χ3v) is 7.06. The molecule has 0 bridgehead atoms. The molecule has 17 heteroatoms. The predicted molar refractivity (Wildman–Crippen MR) is 173 cm³/mol. The number of nitrogens with zero attached hydrogens (tertiary/aromatic N) is 1. The maximum atomic E-state index is 13.3. The van der Waals surface area contributed by atoms with Crippen molar-refractivity contribution in [2.45, 2.75) is 104 Å². The Bertz CT molecular complexity index is 1050. The van der Waals surface area contributed by atoms with E-state index in [1.807, 2.05) is 34.6 Å². The molecule has 0 aliphatic carbocycles. The Kier molecular flexibility index (Phi) is 19.8. The molecule has 14 N–H and O–H groups in total. The first-order valence-electron chi connectivity index (χ1n) is 15.6. The molecule has 46 heavy (non-hydrogen) atoms. The standard InChI is InChI=1S/C29H56N10O7/c1-7-17(6)23(28(46)37-20(12-16(4)5)27(45)38-21(14-40)24(31)42)39-22(41)13-35-26(44)19(9-8-10-34-29(32)33)36-25(43)18(30)11-15(2)3/h15-21,23,40H,7-14,30H2,1-6H3,(H2,31,42)(H,35,44)(H,36,43)(H,37,46)(H,38,45)(H,39,41)(H4,32,33,34). The number of primary amides is 1. The maximum absolute atomic E-state index is 13.3. The second kappa shape index (κ2) is 21.7. The van der Waals surface area contributed by atoms with E-state index >= 15 is 0 Å². The van der Waals surface area contributed by atoms with Crippen LogP contribution < -0.4 is 49.5 Å². The van der Waals surface area contributed by atoms with Crippen molar-refractivity contribution in [3.63, 3.8) is 0 Å². The van der Waals surface area contributed by atoms with Gasteiger partial charge in [-0.1, -0.05) is 48.0 Å². The maximum Gasteiger partial charge on any atom is 0.243 e. The van der Waals surface area contributed by atoms with Crippen molar-refractivity contribution in [1.82, 2.24) is 26.6 Å². The van der Waals surface area contributed by atoms with E-state index < -0.39 is 78.8 Å². The van der Waals surface area contributed by atoms with Crippen LogP contribution in [0.4, 0.5) is 0 Å². The van der Waals surface area contributed by atoms with Gasteiger partial charge in [0.25, 0.3) is 0 Å². The fraction of sp³-hybridized carbons (Fsp3) is 0.759. The number of nitrogens with two attached hydrogens (primary N) is 4. The number of aliphatic imine (C=N–C) groups is 1. The molecule has 0 radical (unpaired) electrons. The lowest BCUT2D eigenvalue weighted by Crippen LogP contribution is -2.59. The number of carbonyl (C=O) groups is 6. The molecule has 0 aromatic carbocycles. The molecule has 264 valence electrons. The van der Waals surface area contributed by atoms with Crippen molar-refractivity contribution in [2.75, 3.05) is 19.7 Å². The summed E-state index contributed by atoms with van der Waals surface area (Å²) in [6, 6.07) is -5.36. The first-order chi connectivity index (χ1) is 21.4. The van der Waals surface area contributed by atoms with E-state index in [0.29, 0.717) is 19.3 Å². The van der Waals surface area contributed by atoms with Gasteiger partial charge in [-0.15, -0.1) is 0 Å². The van der Waals surface area contributed by atoms with Gasteiger partial charge in [0.15, 0.2) is 5.96 Å². The lowest BCUT2D eigenvalue weighted by molar-refractivity contribution is -0.135. The minimum Gasteiger partial charge on any atom is -0.394 e. The Morgan fingerprint density at radius 2 is 1.30 bits per heavy atom. The number of hydrogen-bond donors (Lipinski definition) is 10. The molecule has 6 unspecified atom stereocenters. The third kappa shape index (κ3) is 16.9. The van der Waals surface area contributed by atoms with Crippen molar-refractivity contribution in [3.8, 4) is 0 Å². The fourth-order valence-corrected chi connectivity index (χ4v) is 4.33. The Morgan fingerprint density at radius 3 is 1.80 bits per heavy atom. The zero-order valence-electron chi connectivity index (χ0n) is 27.9. The highest BCUT2D eigenvalue weighted by molar-refractivity contribution is 5.95. The van der Waals surface area contributed by atoms with Crippen LogP contribution in [0.3, 0.4) is 0 Å². The van der Waals surface area contributed by atoms with Gasteiger partial charge in [0.2, 0.25) is 35.4 Å². The van der Waals surface area contributed by atoms with Crippen LogP contribution in [-0.4, -0.2) is 96.4 Å². The number of amides is 6. The molecular formula is C29H56N10O7. The summed E-state index contributed by atoms with van der Waals surface area (Å²) in [6.45, 7) is 10.0. The Hall–Kier alpha value is -3.99. The van der Waals surface area contributed by atoms with E-state index in [-0.39, 0.29) is 43.1 Å². The molecule has 0 aromatic heterocycles. The topological polar surface area (TPSA) is 299 Å². The zero-order valence-corrected chi connectivity index (χ0v) is 27.9. The van der Waals surface area contributed by atoms with Gasteiger partial charge >= 0.3 is 0 Å². The molecule has 6 atom stereocenters. The van der Waals surface area contributed by atoms with Crippen LogP contribution >= 0.6 is 0 Å². The summed E-state index contributed by atoms with van der Waals surface area (Å²) in [5.74, 6) is -4.54. The second-order valence-electron chi connectivity index (χ2n) is 12.2. The highest BCUT2D eigenvalue weighted by Gasteiger charge is 2.32. The summed E-state index contributed by atoms with van der Waals surface area (Å²) in [6.07, 6.45) is 1.60. The average Bonchev–Trinajstić information content (AvgIpc) is 2.96. The number of nitrogens with one attached hydrogen (secondary N) is 5. The minimum atomic E-state index is -1.33. The number of guanidine groups is 1. The van der Waals surface area contributed by atoms with E-state index in [4.69, 9.17) is 22.9 Å². The van der Waals surface area contributed by atoms with E-state index in [9.17, 15) is 33.9 Å². The highest BCUT2D eigenvalue weighted by Crippen LogP contribution is 2.11. The van der Waals surface area contributed by atoms with Gasteiger partial charge < -0.3 is 54.6 Å². The normalized spacial score (nSPS) is 15.0. The van der Waals surface area contributed by atoms with Gasteiger partial charge in [0.05, 0.1) is 19.2 Å². The van der Waals surface area contributed by atoms with E-state index in [0.717, 1.165) is 0 Å². The van der Waals surface area contributed by atoms with Crippen LogP contribution in [0.25, 0.3) is 0 Å². The Morgan fingerprint density at radius 1 is 0.739 bits per heavy atom. The smallest absolute Gasteiger partial charge is 0.243 e. The average molecular weight is 657 g/mol. The number of aliphatic hydroxyl groups is 1. The summed E-state index contributed by atoms with van der Waals surface area (Å²) < 4.78 is 0. The second-order valence-corrected chi connectivity index (χ2v) is 12.2. The van der Waals surface area contributed by atoms with Gasteiger partial charge in [0, 0.05) is 6.54 Å². The van der Waals surface area contributed by atoms with Crippen LogP contribution in [0, 0.1) is 17.8 Å². The molecular weight excluding hydrogens is 600 g/mol. The van der Waals surface area contributed by atoms with Crippen molar-refractivity contribution < 1.29 is 33.9 Å². The molecule has 0 spiro atoms. The van der Waals surface area contributed by atoms with Crippen LogP contribution in [0.2, 0.25) is 0 Å². The van der Waals surface area contributed by atoms with E-state index in [1.54, 1.807) is 6.92 Å². The lowest BCUT2D eigenvalue weighted by atomic mass is 9.96. The quantitative estimate of drug-likeness (QED) is 0.0321. The van der Waals surface area contributed by atoms with Crippen molar-refractivity contribution in [1.29, 1.82) is 0 Å². The molecule has 0 aromatic rings. The number of hydrogen-bond acceptors (Lipinski definition) is 9. The van der Waals surface area contributed by atoms with Gasteiger partial charge in [0.1, 0.15) is 24.2 Å². The van der Waals surface area contributed by atoms with Crippen LogP contribution in [-0.2, 0) is 28.8 Å². The number of rotatable bonds is 22. The molecule has 0 aliphatic heterocycles. The van der Waals surface area contributed by atoms with Crippen LogP contribution in [0.15, 0.2) is 4.99 Å². The SMILES string of the molecule is CCC(C)C(NC(=O)CNC(=O)C(CCCN=C(N)N)NC(=O)C(N)CC(C)C)C(=O)NC(CC(C)C)C(=O)NC(CO)C(N)=O. The number of carbonyl (C=O) groups excluding carboxylic acids is 6. The minimum absolute atomic E-state index is 0.0446. The number of aliphatic hydroxyl groups excluding tert-OH is 1. The van der Waals surface area contributed by atoms with Crippen molar-refractivity contribution in [2.24, 2.45) is 45.7 Å². The summed E-state index contributed by atoms with van der Waals surface area (Å²) >= 11 is 0. The largest absolute Gasteiger partial charge is 0.394 e. The monoisotopic (exact) mass is 656 g/mol. The summed E-state index contributed by atoms with van der Waals surface area (Å²) in [7, 11) is 0. The lowest BCUT2D eigenvalue weighted by Gasteiger charge is -2.28. The van der Waals surface area contributed by atoms with Crippen molar-refractivity contribution in [3.05, 3.63) is 0 Å². The predicted octanol–water partition coefficient (Wildman–Crippen LogP) is -2.96. The molecule has 0 saturated carbocycles. The molecule has 0 rings (SSSR count). The molecule has 6 amide bonds. The summed E-state index contributed by atoms with van der Waals surface area (Å²) in [4.78, 5) is 80.2.